The second-order valence-electron chi connectivity index (χ2n) is 7.05. The summed E-state index contributed by atoms with van der Waals surface area (Å²) in [7, 11) is 1.64. The molecule has 0 saturated heterocycles. The molecule has 2 heterocycles. The summed E-state index contributed by atoms with van der Waals surface area (Å²) in [6.45, 7) is 0. The Balaban J connectivity index is 1.59. The molecule has 29 heavy (non-hydrogen) atoms. The van der Waals surface area contributed by atoms with Gasteiger partial charge in [-0.1, -0.05) is 29.8 Å². The van der Waals surface area contributed by atoms with Gasteiger partial charge in [0, 0.05) is 17.0 Å². The van der Waals surface area contributed by atoms with E-state index in [-0.39, 0.29) is 11.9 Å². The number of halogens is 2. The van der Waals surface area contributed by atoms with Gasteiger partial charge in [0.25, 0.3) is 0 Å². The molecule has 2 aliphatic heterocycles. The lowest BCUT2D eigenvalue weighted by Gasteiger charge is -2.38. The summed E-state index contributed by atoms with van der Waals surface area (Å²) in [6, 6.07) is 19.9. The lowest BCUT2D eigenvalue weighted by Crippen LogP contribution is -2.34. The first-order valence-electron chi connectivity index (χ1n) is 9.35. The van der Waals surface area contributed by atoms with Crippen molar-refractivity contribution in [1.29, 1.82) is 0 Å². The fourth-order valence-corrected chi connectivity index (χ4v) is 4.08. The fourth-order valence-electron chi connectivity index (χ4n) is 3.90. The molecular formula is C23H18ClFN2O2. The predicted molar refractivity (Wildman–Crippen MR) is 110 cm³/mol. The van der Waals surface area contributed by atoms with E-state index in [1.165, 1.54) is 6.07 Å². The zero-order chi connectivity index (χ0) is 20.0. The third-order valence-corrected chi connectivity index (χ3v) is 5.58. The van der Waals surface area contributed by atoms with Crippen LogP contribution in [-0.4, -0.2) is 17.8 Å². The Hall–Kier alpha value is -3.05. The molecule has 2 atom stereocenters. The number of fused-ring (bicyclic) bond motifs is 3. The van der Waals surface area contributed by atoms with Crippen LogP contribution in [0.15, 0.2) is 71.8 Å². The largest absolute Gasteiger partial charge is 0.497 e. The molecule has 0 saturated carbocycles. The number of hydrogen-bond donors (Lipinski definition) is 0. The van der Waals surface area contributed by atoms with E-state index in [1.54, 1.807) is 31.4 Å². The maximum Gasteiger partial charge on any atom is 0.216 e. The van der Waals surface area contributed by atoms with Gasteiger partial charge < -0.3 is 9.47 Å². The first-order valence-corrected chi connectivity index (χ1v) is 9.72. The molecule has 5 rings (SSSR count). The molecule has 0 aliphatic carbocycles. The van der Waals surface area contributed by atoms with Crippen molar-refractivity contribution in [2.45, 2.75) is 18.7 Å². The molecule has 0 radical (unpaired) electrons. The zero-order valence-electron chi connectivity index (χ0n) is 15.7. The smallest absolute Gasteiger partial charge is 0.216 e. The van der Waals surface area contributed by atoms with E-state index >= 15 is 0 Å². The van der Waals surface area contributed by atoms with Gasteiger partial charge >= 0.3 is 0 Å². The summed E-state index contributed by atoms with van der Waals surface area (Å²) in [6.07, 6.45) is 0.0270. The van der Waals surface area contributed by atoms with Crippen LogP contribution in [0.2, 0.25) is 5.02 Å². The van der Waals surface area contributed by atoms with E-state index < -0.39 is 6.23 Å². The Bertz CT molecular complexity index is 1100. The Kier molecular flexibility index (Phi) is 4.40. The molecule has 0 bridgehead atoms. The molecule has 0 N–H and O–H groups in total. The molecule has 146 valence electrons. The molecule has 0 fully saturated rings. The van der Waals surface area contributed by atoms with Gasteiger partial charge in [-0.3, -0.25) is 0 Å². The van der Waals surface area contributed by atoms with Crippen molar-refractivity contribution in [2.24, 2.45) is 5.10 Å². The predicted octanol–water partition coefficient (Wildman–Crippen LogP) is 5.73. The highest BCUT2D eigenvalue weighted by molar-refractivity contribution is 6.30. The van der Waals surface area contributed by atoms with Crippen LogP contribution in [0.5, 0.6) is 11.5 Å². The average Bonchev–Trinajstić information content (AvgIpc) is 3.20. The van der Waals surface area contributed by atoms with E-state index in [9.17, 15) is 4.39 Å². The van der Waals surface area contributed by atoms with Crippen LogP contribution in [0.4, 0.5) is 4.39 Å². The van der Waals surface area contributed by atoms with Crippen molar-refractivity contribution in [3.8, 4) is 11.5 Å². The van der Waals surface area contributed by atoms with E-state index in [0.717, 1.165) is 22.6 Å². The lowest BCUT2D eigenvalue weighted by atomic mass is 9.96. The van der Waals surface area contributed by atoms with Crippen molar-refractivity contribution < 1.29 is 13.9 Å². The minimum absolute atomic E-state index is 0.0841. The van der Waals surface area contributed by atoms with E-state index in [2.05, 4.69) is 0 Å². The molecule has 4 nitrogen and oxygen atoms in total. The summed E-state index contributed by atoms with van der Waals surface area (Å²) in [5.74, 6) is 1.17. The van der Waals surface area contributed by atoms with E-state index in [1.807, 2.05) is 41.4 Å². The van der Waals surface area contributed by atoms with Crippen molar-refractivity contribution >= 4 is 17.3 Å². The summed E-state index contributed by atoms with van der Waals surface area (Å²) in [5.41, 5.74) is 3.32. The Morgan fingerprint density at radius 1 is 1.07 bits per heavy atom. The minimum Gasteiger partial charge on any atom is -0.497 e. The molecule has 0 spiro atoms. The Labute approximate surface area is 173 Å². The minimum atomic E-state index is -0.648. The molecule has 6 heteroatoms. The van der Waals surface area contributed by atoms with E-state index in [0.29, 0.717) is 22.8 Å². The lowest BCUT2D eigenvalue weighted by molar-refractivity contribution is -0.0211. The van der Waals surface area contributed by atoms with Crippen LogP contribution >= 0.6 is 11.6 Å². The molecular weight excluding hydrogens is 391 g/mol. The third kappa shape index (κ3) is 3.12. The number of hydrogen-bond acceptors (Lipinski definition) is 4. The summed E-state index contributed by atoms with van der Waals surface area (Å²) in [5, 5.41) is 7.32. The highest BCUT2D eigenvalue weighted by atomic mass is 35.5. The second kappa shape index (κ2) is 7.08. The Morgan fingerprint density at radius 2 is 1.86 bits per heavy atom. The number of methoxy groups -OCH3 is 1. The maximum absolute atomic E-state index is 14.6. The van der Waals surface area contributed by atoms with Crippen LogP contribution in [0.25, 0.3) is 0 Å². The van der Waals surface area contributed by atoms with E-state index in [4.69, 9.17) is 26.2 Å². The van der Waals surface area contributed by atoms with Gasteiger partial charge in [-0.2, -0.15) is 5.10 Å². The highest BCUT2D eigenvalue weighted by Crippen LogP contribution is 2.48. The molecule has 3 aromatic rings. The topological polar surface area (TPSA) is 34.1 Å². The van der Waals surface area contributed by atoms with Crippen LogP contribution in [0.3, 0.4) is 0 Å². The summed E-state index contributed by atoms with van der Waals surface area (Å²) >= 11 is 6.25. The van der Waals surface area contributed by atoms with Gasteiger partial charge in [0.2, 0.25) is 6.23 Å². The maximum atomic E-state index is 14.6. The number of benzene rings is 3. The molecule has 0 unspecified atom stereocenters. The zero-order valence-corrected chi connectivity index (χ0v) is 16.4. The van der Waals surface area contributed by atoms with Gasteiger partial charge in [0.05, 0.1) is 24.4 Å². The second-order valence-corrected chi connectivity index (χ2v) is 7.49. The van der Waals surface area contributed by atoms with Crippen molar-refractivity contribution in [3.63, 3.8) is 0 Å². The monoisotopic (exact) mass is 408 g/mol. The van der Waals surface area contributed by atoms with Gasteiger partial charge in [0.15, 0.2) is 0 Å². The molecule has 2 aliphatic rings. The van der Waals surface area contributed by atoms with Gasteiger partial charge in [-0.25, -0.2) is 9.40 Å². The van der Waals surface area contributed by atoms with Gasteiger partial charge in [-0.15, -0.1) is 0 Å². The molecule has 0 amide bonds. The van der Waals surface area contributed by atoms with Crippen LogP contribution < -0.4 is 9.47 Å². The highest BCUT2D eigenvalue weighted by Gasteiger charge is 2.41. The van der Waals surface area contributed by atoms with Crippen LogP contribution in [0.1, 0.15) is 35.4 Å². The number of hydrazone groups is 1. The first kappa shape index (κ1) is 18.0. The third-order valence-electron chi connectivity index (χ3n) is 5.35. The molecule has 3 aromatic carbocycles. The SMILES string of the molecule is COc1ccc(C2=NN3[C@@H](c4ccccc4F)Oc4ccc(Cl)cc4[C@@H]3C2)cc1. The number of ether oxygens (including phenoxy) is 2. The molecule has 0 aromatic heterocycles. The van der Waals surface area contributed by atoms with Crippen molar-refractivity contribution in [2.75, 3.05) is 7.11 Å². The van der Waals surface area contributed by atoms with Crippen molar-refractivity contribution in [3.05, 3.63) is 94.3 Å². The standard InChI is InChI=1S/C23H18ClFN2O2/c1-28-16-9-6-14(7-10-16)20-13-21-18-12-15(24)8-11-22(18)29-23(27(21)26-20)17-4-2-3-5-19(17)25/h2-12,21,23H,13H2,1H3/t21-,23+/m0/s1. The number of nitrogens with zero attached hydrogens (tertiary/aromatic N) is 2. The van der Waals surface area contributed by atoms with Gasteiger partial charge in [0.1, 0.15) is 17.3 Å². The normalized spacial score (nSPS) is 19.8. The van der Waals surface area contributed by atoms with Crippen LogP contribution in [-0.2, 0) is 0 Å². The average molecular weight is 409 g/mol. The Morgan fingerprint density at radius 3 is 2.62 bits per heavy atom. The van der Waals surface area contributed by atoms with Crippen molar-refractivity contribution in [1.82, 2.24) is 5.01 Å². The summed E-state index contributed by atoms with van der Waals surface area (Å²) < 4.78 is 26.0. The van der Waals surface area contributed by atoms with Gasteiger partial charge in [-0.05, 0) is 54.1 Å². The summed E-state index contributed by atoms with van der Waals surface area (Å²) in [4.78, 5) is 0. The fraction of sp³-hybridized carbons (Fsp3) is 0.174. The first-order chi connectivity index (χ1) is 14.1. The quantitative estimate of drug-likeness (QED) is 0.555. The van der Waals surface area contributed by atoms with Crippen LogP contribution in [0, 0.1) is 5.82 Å². The number of rotatable bonds is 3.